The van der Waals surface area contributed by atoms with Gasteiger partial charge in [-0.25, -0.2) is 0 Å². The molecule has 0 saturated heterocycles. The number of carbonyl (C=O) groups is 1. The van der Waals surface area contributed by atoms with Gasteiger partial charge in [-0.05, 0) is 41.0 Å². The first-order valence-corrected chi connectivity index (χ1v) is 11.0. The van der Waals surface area contributed by atoms with Crippen molar-refractivity contribution in [1.82, 2.24) is 0 Å². The molecule has 1 aliphatic rings. The van der Waals surface area contributed by atoms with Crippen LogP contribution in [0.4, 0.5) is 13.2 Å². The Kier molecular flexibility index (Phi) is 5.75. The van der Waals surface area contributed by atoms with Crippen LogP contribution in [0.1, 0.15) is 50.4 Å². The van der Waals surface area contributed by atoms with Crippen LogP contribution in [0, 0.1) is 11.3 Å². The van der Waals surface area contributed by atoms with Gasteiger partial charge in [-0.15, -0.1) is 0 Å². The summed E-state index contributed by atoms with van der Waals surface area (Å²) in [6.07, 6.45) is 3.70. The van der Waals surface area contributed by atoms with E-state index >= 15 is 0 Å². The molecule has 162 valence electrons. The average molecular weight is 440 g/mol. The van der Waals surface area contributed by atoms with Crippen molar-refractivity contribution in [2.45, 2.75) is 45.5 Å². The lowest BCUT2D eigenvalue weighted by Gasteiger charge is -2.22. The quantitative estimate of drug-likeness (QED) is 0.238. The van der Waals surface area contributed by atoms with Crippen LogP contribution in [-0.2, 0) is 10.1 Å². The van der Waals surface area contributed by atoms with E-state index in [-0.39, 0.29) is 12.0 Å². The maximum Gasteiger partial charge on any atom is 0.534 e. The first-order chi connectivity index (χ1) is 13.8. The number of halogens is 3. The fraction of sp³-hybridized carbons (Fsp3) is 0.409. The van der Waals surface area contributed by atoms with Crippen LogP contribution in [0.5, 0.6) is 5.75 Å². The molecular weight excluding hydrogens is 417 g/mol. The largest absolute Gasteiger partial charge is 0.534 e. The Morgan fingerprint density at radius 3 is 2.43 bits per heavy atom. The Hall–Kier alpha value is -2.35. The number of hydrogen-bond donors (Lipinski definition) is 0. The van der Waals surface area contributed by atoms with Gasteiger partial charge in [0.05, 0.1) is 5.56 Å². The van der Waals surface area contributed by atoms with Crippen molar-refractivity contribution in [3.8, 4) is 5.75 Å². The fourth-order valence-electron chi connectivity index (χ4n) is 3.85. The number of carbonyl (C=O) groups excluding carboxylic acids is 1. The van der Waals surface area contributed by atoms with Gasteiger partial charge in [-0.2, -0.15) is 21.6 Å². The second-order valence-electron chi connectivity index (χ2n) is 8.27. The SMILES string of the molecule is CC(C)C1=C[C@](C)(CC(=O)c2c(OS(=O)(=O)C(F)(F)F)ccc3ccccc23)CC1. The molecule has 0 saturated carbocycles. The molecule has 4 nitrogen and oxygen atoms in total. The van der Waals surface area contributed by atoms with Gasteiger partial charge >= 0.3 is 15.6 Å². The number of benzene rings is 2. The summed E-state index contributed by atoms with van der Waals surface area (Å²) in [4.78, 5) is 13.3. The van der Waals surface area contributed by atoms with E-state index in [4.69, 9.17) is 0 Å². The van der Waals surface area contributed by atoms with E-state index in [1.54, 1.807) is 24.3 Å². The van der Waals surface area contributed by atoms with Crippen LogP contribution >= 0.6 is 0 Å². The Morgan fingerprint density at radius 2 is 1.83 bits per heavy atom. The van der Waals surface area contributed by atoms with Crippen molar-refractivity contribution in [3.63, 3.8) is 0 Å². The molecule has 0 aromatic heterocycles. The molecule has 0 unspecified atom stereocenters. The summed E-state index contributed by atoms with van der Waals surface area (Å²) in [5.41, 5.74) is -4.95. The summed E-state index contributed by atoms with van der Waals surface area (Å²) in [6, 6.07) is 9.16. The lowest BCUT2D eigenvalue weighted by molar-refractivity contribution is -0.0500. The van der Waals surface area contributed by atoms with Crippen molar-refractivity contribution in [2.24, 2.45) is 11.3 Å². The van der Waals surface area contributed by atoms with Gasteiger partial charge in [-0.3, -0.25) is 4.79 Å². The van der Waals surface area contributed by atoms with Crippen molar-refractivity contribution >= 4 is 26.7 Å². The summed E-state index contributed by atoms with van der Waals surface area (Å²) >= 11 is 0. The van der Waals surface area contributed by atoms with Crippen molar-refractivity contribution in [2.75, 3.05) is 0 Å². The maximum absolute atomic E-state index is 13.3. The highest BCUT2D eigenvalue weighted by atomic mass is 32.2. The van der Waals surface area contributed by atoms with Crippen LogP contribution in [-0.4, -0.2) is 19.7 Å². The van der Waals surface area contributed by atoms with Crippen LogP contribution in [0.25, 0.3) is 10.8 Å². The van der Waals surface area contributed by atoms with E-state index in [1.807, 2.05) is 6.92 Å². The highest BCUT2D eigenvalue weighted by Gasteiger charge is 2.49. The van der Waals surface area contributed by atoms with E-state index in [9.17, 15) is 26.4 Å². The van der Waals surface area contributed by atoms with E-state index in [2.05, 4.69) is 24.1 Å². The van der Waals surface area contributed by atoms with Crippen LogP contribution in [0.15, 0.2) is 48.0 Å². The Labute approximate surface area is 173 Å². The van der Waals surface area contributed by atoms with Gasteiger partial charge in [0.1, 0.15) is 0 Å². The predicted molar refractivity (Wildman–Crippen MR) is 109 cm³/mol. The molecule has 8 heteroatoms. The summed E-state index contributed by atoms with van der Waals surface area (Å²) < 4.78 is 66.2. The fourth-order valence-corrected chi connectivity index (χ4v) is 4.32. The first-order valence-electron chi connectivity index (χ1n) is 9.60. The highest BCUT2D eigenvalue weighted by Crippen LogP contribution is 2.43. The molecule has 0 radical (unpaired) electrons. The Balaban J connectivity index is 2.06. The molecule has 0 aliphatic heterocycles. The van der Waals surface area contributed by atoms with Gasteiger partial charge in [-0.1, -0.05) is 62.8 Å². The molecule has 30 heavy (non-hydrogen) atoms. The van der Waals surface area contributed by atoms with E-state index in [0.29, 0.717) is 16.7 Å². The van der Waals surface area contributed by atoms with Crippen LogP contribution < -0.4 is 4.18 Å². The summed E-state index contributed by atoms with van der Waals surface area (Å²) in [5.74, 6) is -0.719. The summed E-state index contributed by atoms with van der Waals surface area (Å²) in [5, 5.41) is 0.958. The van der Waals surface area contributed by atoms with E-state index < -0.39 is 32.6 Å². The third-order valence-electron chi connectivity index (χ3n) is 5.48. The molecule has 0 N–H and O–H groups in total. The smallest absolute Gasteiger partial charge is 0.375 e. The molecular formula is C22H23F3O4S. The van der Waals surface area contributed by atoms with E-state index in [1.165, 1.54) is 11.6 Å². The minimum absolute atomic E-state index is 0.0413. The molecule has 1 atom stereocenters. The summed E-state index contributed by atoms with van der Waals surface area (Å²) in [6.45, 7) is 6.06. The molecule has 1 aliphatic carbocycles. The van der Waals surface area contributed by atoms with E-state index in [0.717, 1.165) is 18.9 Å². The normalized spacial score (nSPS) is 19.9. The molecule has 0 bridgehead atoms. The topological polar surface area (TPSA) is 60.4 Å². The molecule has 0 heterocycles. The number of rotatable bonds is 6. The number of hydrogen-bond acceptors (Lipinski definition) is 4. The van der Waals surface area contributed by atoms with Crippen molar-refractivity contribution in [1.29, 1.82) is 0 Å². The Morgan fingerprint density at radius 1 is 1.17 bits per heavy atom. The third kappa shape index (κ3) is 4.38. The minimum Gasteiger partial charge on any atom is -0.375 e. The Bertz CT molecular complexity index is 1120. The van der Waals surface area contributed by atoms with Crippen LogP contribution in [0.3, 0.4) is 0 Å². The molecule has 2 aromatic rings. The maximum atomic E-state index is 13.3. The summed E-state index contributed by atoms with van der Waals surface area (Å²) in [7, 11) is -5.90. The monoisotopic (exact) mass is 440 g/mol. The van der Waals surface area contributed by atoms with Crippen LogP contribution in [0.2, 0.25) is 0 Å². The van der Waals surface area contributed by atoms with Gasteiger partial charge in [0.15, 0.2) is 11.5 Å². The number of fused-ring (bicyclic) bond motifs is 1. The molecule has 0 spiro atoms. The highest BCUT2D eigenvalue weighted by molar-refractivity contribution is 7.88. The second kappa shape index (κ2) is 7.72. The number of allylic oxidation sites excluding steroid dienone is 2. The number of ketones is 1. The lowest BCUT2D eigenvalue weighted by atomic mass is 9.82. The van der Waals surface area contributed by atoms with Gasteiger partial charge in [0.25, 0.3) is 0 Å². The minimum atomic E-state index is -5.90. The van der Waals surface area contributed by atoms with Crippen molar-refractivity contribution in [3.05, 3.63) is 53.6 Å². The molecule has 0 fully saturated rings. The zero-order valence-electron chi connectivity index (χ0n) is 16.9. The van der Waals surface area contributed by atoms with Gasteiger partial charge < -0.3 is 4.18 Å². The first kappa shape index (κ1) is 22.3. The third-order valence-corrected chi connectivity index (χ3v) is 6.44. The molecule has 3 rings (SSSR count). The molecule has 0 amide bonds. The lowest BCUT2D eigenvalue weighted by Crippen LogP contribution is -2.29. The van der Waals surface area contributed by atoms with Gasteiger partial charge in [0.2, 0.25) is 0 Å². The predicted octanol–water partition coefficient (Wildman–Crippen LogP) is 6.02. The number of Topliss-reactive ketones (excluding diaryl/α,β-unsaturated/α-hetero) is 1. The number of alkyl halides is 3. The standard InChI is InChI=1S/C22H23F3O4S/c1-14(2)16-10-11-21(3,12-16)13-18(26)20-17-7-5-4-6-15(17)8-9-19(20)29-30(27,28)22(23,24)25/h4-9,12,14H,10-11,13H2,1-3H3/t21-/m1/s1. The average Bonchev–Trinajstić information content (AvgIpc) is 3.02. The zero-order valence-corrected chi connectivity index (χ0v) is 17.7. The van der Waals surface area contributed by atoms with Crippen molar-refractivity contribution < 1.29 is 30.6 Å². The second-order valence-corrected chi connectivity index (χ2v) is 9.81. The zero-order chi connectivity index (χ0) is 22.3. The van der Waals surface area contributed by atoms with Gasteiger partial charge in [0, 0.05) is 6.42 Å². The molecule has 2 aromatic carbocycles.